The van der Waals surface area contributed by atoms with Gasteiger partial charge in [0.15, 0.2) is 0 Å². The standard InChI is InChI=1S/C54H71ClN10O6S/c1-32(47(68)61-50-53(7,8)51(54(50,9)10)71-40-18-17-37(26-56)41(55)25-40)12-19-43(57-11)64-22-20-63(21-23-64)38-27-62(28-38)30-44(67)60-46(52(4,5)6)49(70)65-29-39(66)24-42(65)48(69)59-33(2)35-13-15-36(16-14-35)45-34(3)58-31-72-45/h12-19,25,31,33,38-39,42,46,50-51,66H,11,20-24,27-30H2,1-10H3,(H,59,69)(H,60,67)(H,61,68)/b32-12+,43-19+/t33-,39+,42?,46+,50?,51?/m0/s1. The largest absolute Gasteiger partial charge is 0.489 e. The Morgan fingerprint density at radius 3 is 2.28 bits per heavy atom. The molecule has 0 radical (unpaired) electrons. The van der Waals surface area contributed by atoms with E-state index in [1.165, 1.54) is 4.90 Å². The predicted octanol–water partition coefficient (Wildman–Crippen LogP) is 6.10. The molecule has 386 valence electrons. The van der Waals surface area contributed by atoms with Crippen LogP contribution in [0.25, 0.3) is 10.4 Å². The first kappa shape index (κ1) is 54.1. The SMILES string of the molecule is C=N/C(=C\C=C(/C)C(=O)NC1C(C)(C)C(Oc2ccc(C#N)c(Cl)c2)C1(C)C)N1CCN(C2CN(CC(=O)N[C@H](C(=O)N3C[C@H](O)CC3C(=O)N[C@@H](C)c3ccc(-c4scnc4C)cc3)C(C)(C)C)C2)CC1. The molecular formula is C54H71ClN10O6S. The summed E-state index contributed by atoms with van der Waals surface area (Å²) >= 11 is 7.85. The first-order chi connectivity index (χ1) is 33.9. The molecule has 0 spiro atoms. The lowest BCUT2D eigenvalue weighted by Crippen LogP contribution is -2.74. The number of carbonyl (C=O) groups excluding carboxylic acids is 4. The Hall–Kier alpha value is -5.64. The third-order valence-corrected chi connectivity index (χ3v) is 16.2. The van der Waals surface area contributed by atoms with E-state index in [9.17, 15) is 29.5 Å². The van der Waals surface area contributed by atoms with Gasteiger partial charge in [0.2, 0.25) is 23.6 Å². The Kier molecular flexibility index (Phi) is 16.4. The molecule has 72 heavy (non-hydrogen) atoms. The maximum atomic E-state index is 14.3. The zero-order valence-electron chi connectivity index (χ0n) is 43.3. The maximum absolute atomic E-state index is 14.3. The second-order valence-corrected chi connectivity index (χ2v) is 23.3. The van der Waals surface area contributed by atoms with Gasteiger partial charge < -0.3 is 35.6 Å². The molecule has 2 aromatic carbocycles. The second-order valence-electron chi connectivity index (χ2n) is 22.1. The third-order valence-electron chi connectivity index (χ3n) is 15.0. The molecule has 1 saturated carbocycles. The number of β-amino-alcohol motifs (C(OH)–C–C–N with tert-alkyl or cyclic N) is 1. The number of nitriles is 1. The Labute approximate surface area is 433 Å². The Balaban J connectivity index is 0.858. The number of likely N-dealkylation sites (tertiary alicyclic amines) is 2. The summed E-state index contributed by atoms with van der Waals surface area (Å²) in [4.78, 5) is 73.0. The number of ether oxygens (including phenoxy) is 1. The van der Waals surface area contributed by atoms with Crippen molar-refractivity contribution in [3.8, 4) is 22.3 Å². The fraction of sp³-hybridized carbons (Fsp3) is 0.537. The number of carbonyl (C=O) groups is 4. The minimum absolute atomic E-state index is 0.00129. The Morgan fingerprint density at radius 2 is 1.69 bits per heavy atom. The Bertz CT molecular complexity index is 2600. The molecule has 4 heterocycles. The average molecular weight is 1020 g/mol. The van der Waals surface area contributed by atoms with Crippen LogP contribution >= 0.6 is 22.9 Å². The molecule has 4 N–H and O–H groups in total. The first-order valence-corrected chi connectivity index (χ1v) is 26.0. The number of halogens is 1. The number of amides is 4. The molecule has 3 aromatic rings. The van der Waals surface area contributed by atoms with Crippen molar-refractivity contribution < 1.29 is 29.0 Å². The molecule has 4 atom stereocenters. The molecule has 7 rings (SSSR count). The van der Waals surface area contributed by atoms with E-state index in [0.29, 0.717) is 40.8 Å². The fourth-order valence-electron chi connectivity index (χ4n) is 11.0. The number of aliphatic hydroxyl groups excluding tert-OH is 1. The number of thiazole rings is 1. The highest BCUT2D eigenvalue weighted by atomic mass is 35.5. The molecule has 1 unspecified atom stereocenters. The van der Waals surface area contributed by atoms with Crippen LogP contribution in [0.1, 0.15) is 91.6 Å². The molecule has 4 amide bonds. The third kappa shape index (κ3) is 11.7. The number of rotatable bonds is 16. The number of allylic oxidation sites excluding steroid dienone is 2. The van der Waals surface area contributed by atoms with Gasteiger partial charge in [0.25, 0.3) is 0 Å². The zero-order chi connectivity index (χ0) is 52.4. The summed E-state index contributed by atoms with van der Waals surface area (Å²) in [5, 5.41) is 29.6. The molecule has 1 aliphatic carbocycles. The lowest BCUT2D eigenvalue weighted by Gasteiger charge is -2.63. The van der Waals surface area contributed by atoms with Crippen molar-refractivity contribution in [2.75, 3.05) is 52.4 Å². The monoisotopic (exact) mass is 1020 g/mol. The molecular weight excluding hydrogens is 952 g/mol. The van der Waals surface area contributed by atoms with Gasteiger partial charge in [-0.15, -0.1) is 11.3 Å². The normalized spacial score (nSPS) is 23.5. The van der Waals surface area contributed by atoms with Crippen molar-refractivity contribution in [2.24, 2.45) is 21.2 Å². The number of hydrogen-bond donors (Lipinski definition) is 4. The van der Waals surface area contributed by atoms with Gasteiger partial charge in [-0.3, -0.25) is 29.0 Å². The van der Waals surface area contributed by atoms with Crippen LogP contribution in [0.2, 0.25) is 5.02 Å². The number of aliphatic imine (C=N–C) groups is 1. The van der Waals surface area contributed by atoms with E-state index >= 15 is 0 Å². The van der Waals surface area contributed by atoms with Crippen LogP contribution in [-0.4, -0.2) is 149 Å². The van der Waals surface area contributed by atoms with Crippen molar-refractivity contribution in [1.29, 1.82) is 5.26 Å². The number of nitrogens with one attached hydrogen (secondary N) is 3. The fourth-order valence-corrected chi connectivity index (χ4v) is 12.0. The summed E-state index contributed by atoms with van der Waals surface area (Å²) in [6.45, 7) is 28.0. The minimum Gasteiger partial charge on any atom is -0.489 e. The van der Waals surface area contributed by atoms with Gasteiger partial charge >= 0.3 is 0 Å². The molecule has 3 aliphatic heterocycles. The zero-order valence-corrected chi connectivity index (χ0v) is 44.9. The van der Waals surface area contributed by atoms with Crippen LogP contribution in [-0.2, 0) is 19.2 Å². The number of nitrogens with zero attached hydrogens (tertiary/aromatic N) is 7. The first-order valence-electron chi connectivity index (χ1n) is 24.7. The van der Waals surface area contributed by atoms with Crippen LogP contribution in [0, 0.1) is 34.5 Å². The second kappa shape index (κ2) is 21.8. The highest BCUT2D eigenvalue weighted by Crippen LogP contribution is 2.55. The van der Waals surface area contributed by atoms with Gasteiger partial charge in [-0.05, 0) is 62.2 Å². The van der Waals surface area contributed by atoms with E-state index in [0.717, 1.165) is 47.9 Å². The van der Waals surface area contributed by atoms with Gasteiger partial charge in [0, 0.05) is 86.8 Å². The van der Waals surface area contributed by atoms with Gasteiger partial charge in [-0.25, -0.2) is 9.98 Å². The minimum atomic E-state index is -0.914. The van der Waals surface area contributed by atoms with Crippen LogP contribution in [0.4, 0.5) is 0 Å². The van der Waals surface area contributed by atoms with Crippen molar-refractivity contribution in [2.45, 2.75) is 118 Å². The van der Waals surface area contributed by atoms with E-state index in [4.69, 9.17) is 16.3 Å². The van der Waals surface area contributed by atoms with Gasteiger partial charge in [0.05, 0.1) is 45.4 Å². The topological polar surface area (TPSA) is 196 Å². The number of aromatic nitrogens is 1. The molecule has 16 nitrogen and oxygen atoms in total. The summed E-state index contributed by atoms with van der Waals surface area (Å²) < 4.78 is 6.38. The lowest BCUT2D eigenvalue weighted by atomic mass is 9.49. The number of piperazine rings is 1. The predicted molar refractivity (Wildman–Crippen MR) is 281 cm³/mol. The van der Waals surface area contributed by atoms with E-state index in [2.05, 4.69) is 81.1 Å². The molecule has 4 aliphatic rings. The maximum Gasteiger partial charge on any atom is 0.247 e. The van der Waals surface area contributed by atoms with E-state index in [1.54, 1.807) is 42.5 Å². The lowest BCUT2D eigenvalue weighted by molar-refractivity contribution is -0.172. The number of aliphatic hydroxyl groups is 1. The summed E-state index contributed by atoms with van der Waals surface area (Å²) in [7, 11) is 0. The molecule has 18 heteroatoms. The van der Waals surface area contributed by atoms with Gasteiger partial charge in [-0.1, -0.05) is 90.4 Å². The number of benzene rings is 2. The van der Waals surface area contributed by atoms with Crippen LogP contribution < -0.4 is 20.7 Å². The van der Waals surface area contributed by atoms with E-state index in [-0.39, 0.29) is 61.5 Å². The summed E-state index contributed by atoms with van der Waals surface area (Å²) in [5.74, 6) is 0.0610. The van der Waals surface area contributed by atoms with Crippen molar-refractivity contribution >= 4 is 53.3 Å². The van der Waals surface area contributed by atoms with Crippen molar-refractivity contribution in [3.63, 3.8) is 0 Å². The molecule has 3 saturated heterocycles. The summed E-state index contributed by atoms with van der Waals surface area (Å²) in [5.41, 5.74) is 4.20. The quantitative estimate of drug-likeness (QED) is 0.0736. The van der Waals surface area contributed by atoms with E-state index < -0.39 is 40.3 Å². The van der Waals surface area contributed by atoms with Gasteiger partial charge in [0.1, 0.15) is 35.8 Å². The number of aryl methyl sites for hydroxylation is 1. The Morgan fingerprint density at radius 1 is 1.03 bits per heavy atom. The highest BCUT2D eigenvalue weighted by molar-refractivity contribution is 7.13. The van der Waals surface area contributed by atoms with Crippen molar-refractivity contribution in [3.05, 3.63) is 93.4 Å². The van der Waals surface area contributed by atoms with Crippen LogP contribution in [0.5, 0.6) is 5.75 Å². The average Bonchev–Trinajstić information content (AvgIpc) is 3.94. The molecule has 1 aromatic heterocycles. The van der Waals surface area contributed by atoms with Crippen LogP contribution in [0.15, 0.2) is 76.5 Å². The number of hydrogen-bond acceptors (Lipinski definition) is 13. The van der Waals surface area contributed by atoms with E-state index in [1.807, 2.05) is 70.5 Å². The molecule has 0 bridgehead atoms. The van der Waals surface area contributed by atoms with Crippen LogP contribution in [0.3, 0.4) is 0 Å². The van der Waals surface area contributed by atoms with Crippen molar-refractivity contribution in [1.82, 2.24) is 40.5 Å². The smallest absolute Gasteiger partial charge is 0.247 e. The summed E-state index contributed by atoms with van der Waals surface area (Å²) in [6.07, 6.45) is 2.64. The summed E-state index contributed by atoms with van der Waals surface area (Å²) in [6, 6.07) is 13.0. The molecule has 4 fully saturated rings. The van der Waals surface area contributed by atoms with Gasteiger partial charge in [-0.2, -0.15) is 5.26 Å². The highest BCUT2D eigenvalue weighted by Gasteiger charge is 2.64.